The lowest BCUT2D eigenvalue weighted by molar-refractivity contribution is 0.0785. The molecular weight excluding hydrogens is 532 g/mol. The highest BCUT2D eigenvalue weighted by Gasteiger charge is 2.22. The minimum atomic E-state index is -1.25. The van der Waals surface area contributed by atoms with E-state index in [-0.39, 0.29) is 12.5 Å². The lowest BCUT2D eigenvalue weighted by Crippen LogP contribution is -2.22. The molecule has 5 rings (SSSR count). The first-order chi connectivity index (χ1) is 19.6. The van der Waals surface area contributed by atoms with E-state index in [2.05, 4.69) is 46.9 Å². The van der Waals surface area contributed by atoms with Gasteiger partial charge in [0.05, 0.1) is 17.3 Å². The average Bonchev–Trinajstić information content (AvgIpc) is 3.66. The second-order valence-electron chi connectivity index (χ2n) is 11.5. The zero-order chi connectivity index (χ0) is 29.1. The summed E-state index contributed by atoms with van der Waals surface area (Å²) in [4.78, 5) is 26.0. The standard InChI is InChI=1S/C31H34N6O3Si/c1-20-29(24-11-12-26-25(16-24)17-27(34-26)31-33-21(2)36-40-31)35-30(37(20)19-39-14-15-41(3,4)5)28(38)13-10-22-6-8-23(18-32)9-7-22/h6-9,11-12,16-17,34H,10,13-15,19H2,1-5H3. The Morgan fingerprint density at radius 2 is 1.88 bits per heavy atom. The van der Waals surface area contributed by atoms with Crippen LogP contribution < -0.4 is 0 Å². The first-order valence-corrected chi connectivity index (χ1v) is 17.4. The van der Waals surface area contributed by atoms with E-state index in [1.54, 1.807) is 19.1 Å². The van der Waals surface area contributed by atoms with Crippen molar-refractivity contribution in [1.29, 1.82) is 5.26 Å². The maximum absolute atomic E-state index is 13.5. The Morgan fingerprint density at radius 3 is 2.56 bits per heavy atom. The SMILES string of the molecule is Cc1noc(-c2cc3cc(-c4nc(C(=O)CCc5ccc(C#N)cc5)n(COCC[Si](C)(C)C)c4C)ccc3[nH]2)n1. The predicted molar refractivity (Wildman–Crippen MR) is 160 cm³/mol. The van der Waals surface area contributed by atoms with Crippen LogP contribution in [0, 0.1) is 25.2 Å². The summed E-state index contributed by atoms with van der Waals surface area (Å²) < 4.78 is 13.3. The molecule has 0 saturated carbocycles. The molecule has 0 amide bonds. The number of benzene rings is 2. The number of ether oxygens (including phenoxy) is 1. The number of imidazole rings is 1. The highest BCUT2D eigenvalue weighted by atomic mass is 28.3. The molecule has 3 aromatic heterocycles. The molecule has 0 atom stereocenters. The van der Waals surface area contributed by atoms with Gasteiger partial charge in [0.15, 0.2) is 17.4 Å². The Kier molecular flexibility index (Phi) is 8.01. The van der Waals surface area contributed by atoms with Crippen molar-refractivity contribution in [3.05, 3.63) is 77.0 Å². The van der Waals surface area contributed by atoms with Crippen molar-refractivity contribution < 1.29 is 14.1 Å². The second-order valence-corrected chi connectivity index (χ2v) is 17.1. The molecule has 9 nitrogen and oxygen atoms in total. The van der Waals surface area contributed by atoms with Gasteiger partial charge >= 0.3 is 0 Å². The number of nitriles is 1. The molecule has 5 aromatic rings. The van der Waals surface area contributed by atoms with Gasteiger partial charge in [-0.3, -0.25) is 4.79 Å². The zero-order valence-electron chi connectivity index (χ0n) is 24.1. The van der Waals surface area contributed by atoms with Gasteiger partial charge in [-0.25, -0.2) is 4.98 Å². The monoisotopic (exact) mass is 566 g/mol. The van der Waals surface area contributed by atoms with Gasteiger partial charge in [-0.05, 0) is 62.2 Å². The Bertz CT molecular complexity index is 1730. The van der Waals surface area contributed by atoms with Crippen LogP contribution >= 0.6 is 0 Å². The van der Waals surface area contributed by atoms with Gasteiger partial charge in [-0.2, -0.15) is 10.2 Å². The topological polar surface area (TPSA) is 123 Å². The number of hydrogen-bond donors (Lipinski definition) is 1. The van der Waals surface area contributed by atoms with E-state index in [4.69, 9.17) is 19.5 Å². The van der Waals surface area contributed by atoms with Crippen LogP contribution in [0.15, 0.2) is 53.1 Å². The number of aromatic amines is 1. The van der Waals surface area contributed by atoms with E-state index in [0.29, 0.717) is 42.6 Å². The van der Waals surface area contributed by atoms with Crippen LogP contribution in [0.25, 0.3) is 33.7 Å². The van der Waals surface area contributed by atoms with Crippen LogP contribution in [0.4, 0.5) is 0 Å². The fraction of sp³-hybridized carbons (Fsp3) is 0.323. The third-order valence-corrected chi connectivity index (χ3v) is 8.77. The van der Waals surface area contributed by atoms with Crippen LogP contribution in [-0.4, -0.2) is 45.1 Å². The maximum Gasteiger partial charge on any atom is 0.274 e. The first-order valence-electron chi connectivity index (χ1n) is 13.7. The van der Waals surface area contributed by atoms with Crippen LogP contribution in [0.3, 0.4) is 0 Å². The number of aryl methyl sites for hydroxylation is 2. The number of Topliss-reactive ketones (excluding diaryl/α,β-unsaturated/α-hetero) is 1. The number of nitrogens with one attached hydrogen (secondary N) is 1. The van der Waals surface area contributed by atoms with E-state index in [1.807, 2.05) is 41.8 Å². The second kappa shape index (κ2) is 11.6. The van der Waals surface area contributed by atoms with Gasteiger partial charge in [-0.1, -0.05) is 43.0 Å². The molecule has 0 aliphatic heterocycles. The summed E-state index contributed by atoms with van der Waals surface area (Å²) in [6.45, 7) is 11.6. The summed E-state index contributed by atoms with van der Waals surface area (Å²) in [5.74, 6) is 1.36. The molecule has 0 bridgehead atoms. The molecule has 3 heterocycles. The van der Waals surface area contributed by atoms with Gasteiger partial charge < -0.3 is 18.8 Å². The predicted octanol–water partition coefficient (Wildman–Crippen LogP) is 6.70. The number of H-pyrrole nitrogens is 1. The average molecular weight is 567 g/mol. The summed E-state index contributed by atoms with van der Waals surface area (Å²) >= 11 is 0. The van der Waals surface area contributed by atoms with Gasteiger partial charge in [-0.15, -0.1) is 0 Å². The molecule has 0 radical (unpaired) electrons. The van der Waals surface area contributed by atoms with Crippen LogP contribution in [0.2, 0.25) is 25.7 Å². The van der Waals surface area contributed by atoms with Crippen molar-refractivity contribution in [3.63, 3.8) is 0 Å². The quantitative estimate of drug-likeness (QED) is 0.107. The molecule has 0 aliphatic carbocycles. The Hall–Kier alpha value is -4.33. The molecule has 0 aliphatic rings. The van der Waals surface area contributed by atoms with Gasteiger partial charge in [0.1, 0.15) is 12.4 Å². The molecule has 10 heteroatoms. The number of aromatic nitrogens is 5. The van der Waals surface area contributed by atoms with Crippen molar-refractivity contribution >= 4 is 24.8 Å². The van der Waals surface area contributed by atoms with E-state index >= 15 is 0 Å². The molecular formula is C31H34N6O3Si. The van der Waals surface area contributed by atoms with E-state index in [1.165, 1.54) is 0 Å². The van der Waals surface area contributed by atoms with Crippen LogP contribution in [0.5, 0.6) is 0 Å². The van der Waals surface area contributed by atoms with Crippen molar-refractivity contribution in [2.75, 3.05) is 6.61 Å². The molecule has 0 fully saturated rings. The number of nitrogens with zero attached hydrogens (tertiary/aromatic N) is 5. The summed E-state index contributed by atoms with van der Waals surface area (Å²) in [6.07, 6.45) is 0.871. The molecule has 2 aromatic carbocycles. The molecule has 210 valence electrons. The minimum Gasteiger partial charge on any atom is -0.361 e. The number of carbonyl (C=O) groups excluding carboxylic acids is 1. The van der Waals surface area contributed by atoms with E-state index < -0.39 is 8.07 Å². The lowest BCUT2D eigenvalue weighted by atomic mass is 10.1. The lowest BCUT2D eigenvalue weighted by Gasteiger charge is -2.16. The summed E-state index contributed by atoms with van der Waals surface area (Å²) in [6, 6.07) is 18.5. The zero-order valence-corrected chi connectivity index (χ0v) is 25.1. The number of ketones is 1. The van der Waals surface area contributed by atoms with E-state index in [9.17, 15) is 4.79 Å². The Balaban J connectivity index is 1.43. The number of carbonyl (C=O) groups is 1. The fourth-order valence-corrected chi connectivity index (χ4v) is 5.39. The summed E-state index contributed by atoms with van der Waals surface area (Å²) in [5.41, 5.74) is 5.82. The van der Waals surface area contributed by atoms with Gasteiger partial charge in [0.2, 0.25) is 0 Å². The maximum atomic E-state index is 13.5. The molecule has 0 saturated heterocycles. The highest BCUT2D eigenvalue weighted by Crippen LogP contribution is 2.30. The Labute approximate surface area is 240 Å². The van der Waals surface area contributed by atoms with Gasteiger partial charge in [0, 0.05) is 43.3 Å². The smallest absolute Gasteiger partial charge is 0.274 e. The van der Waals surface area contributed by atoms with Gasteiger partial charge in [0.25, 0.3) is 5.89 Å². The first kappa shape index (κ1) is 28.2. The van der Waals surface area contributed by atoms with Crippen LogP contribution in [0.1, 0.15) is 39.7 Å². The minimum absolute atomic E-state index is 0.0470. The number of rotatable bonds is 11. The number of hydrogen-bond acceptors (Lipinski definition) is 7. The van der Waals surface area contributed by atoms with E-state index in [0.717, 1.165) is 45.2 Å². The third-order valence-electron chi connectivity index (χ3n) is 7.06. The molecule has 0 spiro atoms. The summed E-state index contributed by atoms with van der Waals surface area (Å²) in [7, 11) is -1.25. The summed E-state index contributed by atoms with van der Waals surface area (Å²) in [5, 5.41) is 13.9. The van der Waals surface area contributed by atoms with Crippen molar-refractivity contribution in [2.24, 2.45) is 0 Å². The molecule has 0 unspecified atom stereocenters. The van der Waals surface area contributed by atoms with Crippen molar-refractivity contribution in [2.45, 2.75) is 59.1 Å². The Morgan fingerprint density at radius 1 is 1.10 bits per heavy atom. The van der Waals surface area contributed by atoms with Crippen molar-refractivity contribution in [1.82, 2.24) is 24.7 Å². The fourth-order valence-electron chi connectivity index (χ4n) is 4.63. The normalized spacial score (nSPS) is 11.7. The highest BCUT2D eigenvalue weighted by molar-refractivity contribution is 6.76. The molecule has 1 N–H and O–H groups in total. The largest absolute Gasteiger partial charge is 0.361 e. The van der Waals surface area contributed by atoms with Crippen LogP contribution in [-0.2, 0) is 17.9 Å². The molecule has 41 heavy (non-hydrogen) atoms. The third kappa shape index (κ3) is 6.53. The number of fused-ring (bicyclic) bond motifs is 1. The van der Waals surface area contributed by atoms with Crippen molar-refractivity contribution in [3.8, 4) is 28.9 Å².